The van der Waals surface area contributed by atoms with Crippen LogP contribution in [0.4, 0.5) is 0 Å². The number of nitrogens with zero attached hydrogens (tertiary/aromatic N) is 1. The van der Waals surface area contributed by atoms with Crippen LogP contribution in [0.15, 0.2) is 24.3 Å². The Morgan fingerprint density at radius 1 is 1.26 bits per heavy atom. The maximum Gasteiger partial charge on any atom is 0.118 e. The molecule has 128 valence electrons. The van der Waals surface area contributed by atoms with Crippen LogP contribution in [0.5, 0.6) is 5.75 Å². The van der Waals surface area contributed by atoms with Crippen molar-refractivity contribution in [3.05, 3.63) is 29.8 Å². The highest BCUT2D eigenvalue weighted by Crippen LogP contribution is 2.13. The molecule has 5 nitrogen and oxygen atoms in total. The predicted molar refractivity (Wildman–Crippen MR) is 90.4 cm³/mol. The Bertz CT molecular complexity index is 455. The lowest BCUT2D eigenvalue weighted by Crippen LogP contribution is -2.35. The summed E-state index contributed by atoms with van der Waals surface area (Å²) >= 11 is 0. The number of terminal acetylenes is 1. The average Bonchev–Trinajstić information content (AvgIpc) is 2.56. The van der Waals surface area contributed by atoms with Gasteiger partial charge < -0.3 is 19.3 Å². The van der Waals surface area contributed by atoms with E-state index in [2.05, 4.69) is 10.8 Å². The van der Waals surface area contributed by atoms with Crippen LogP contribution in [-0.2, 0) is 16.0 Å². The number of aliphatic hydroxyl groups is 1. The van der Waals surface area contributed by atoms with Gasteiger partial charge in [0.2, 0.25) is 0 Å². The molecule has 1 atom stereocenters. The number of rotatable bonds is 12. The summed E-state index contributed by atoms with van der Waals surface area (Å²) in [6, 6.07) is 7.94. The summed E-state index contributed by atoms with van der Waals surface area (Å²) < 4.78 is 15.5. The molecule has 0 heterocycles. The monoisotopic (exact) mass is 321 g/mol. The molecule has 0 fully saturated rings. The van der Waals surface area contributed by atoms with Gasteiger partial charge in [0.15, 0.2) is 0 Å². The Morgan fingerprint density at radius 2 is 2.00 bits per heavy atom. The summed E-state index contributed by atoms with van der Waals surface area (Å²) in [5, 5.41) is 10.1. The zero-order chi connectivity index (χ0) is 16.9. The average molecular weight is 321 g/mol. The Morgan fingerprint density at radius 3 is 2.61 bits per heavy atom. The minimum atomic E-state index is -0.566. The second-order valence-electron chi connectivity index (χ2n) is 5.30. The van der Waals surface area contributed by atoms with Gasteiger partial charge in [0.1, 0.15) is 12.4 Å². The van der Waals surface area contributed by atoms with Crippen LogP contribution in [0.2, 0.25) is 0 Å². The molecule has 0 amide bonds. The topological polar surface area (TPSA) is 51.2 Å². The third kappa shape index (κ3) is 8.58. The third-order valence-electron chi connectivity index (χ3n) is 3.35. The third-order valence-corrected chi connectivity index (χ3v) is 3.35. The van der Waals surface area contributed by atoms with Crippen LogP contribution >= 0.6 is 0 Å². The van der Waals surface area contributed by atoms with E-state index < -0.39 is 6.10 Å². The van der Waals surface area contributed by atoms with Gasteiger partial charge in [0.25, 0.3) is 0 Å². The van der Waals surface area contributed by atoms with Crippen LogP contribution in [0.3, 0.4) is 0 Å². The van der Waals surface area contributed by atoms with Crippen molar-refractivity contribution in [2.75, 3.05) is 47.1 Å². The van der Waals surface area contributed by atoms with Gasteiger partial charge in [-0.25, -0.2) is 0 Å². The number of aliphatic hydroxyl groups excluding tert-OH is 1. The van der Waals surface area contributed by atoms with Gasteiger partial charge in [-0.15, -0.1) is 6.42 Å². The van der Waals surface area contributed by atoms with Gasteiger partial charge in [-0.1, -0.05) is 18.1 Å². The van der Waals surface area contributed by atoms with Gasteiger partial charge >= 0.3 is 0 Å². The van der Waals surface area contributed by atoms with E-state index in [1.165, 1.54) is 5.56 Å². The second-order valence-corrected chi connectivity index (χ2v) is 5.30. The Balaban J connectivity index is 2.54. The first-order valence-electron chi connectivity index (χ1n) is 7.73. The minimum Gasteiger partial charge on any atom is -0.497 e. The molecule has 1 unspecified atom stereocenters. The van der Waals surface area contributed by atoms with Gasteiger partial charge in [-0.05, 0) is 24.1 Å². The van der Waals surface area contributed by atoms with E-state index in [9.17, 15) is 5.11 Å². The molecule has 1 rings (SSSR count). The molecule has 0 bridgehead atoms. The highest BCUT2D eigenvalue weighted by Gasteiger charge is 2.12. The lowest BCUT2D eigenvalue weighted by molar-refractivity contribution is 0.0244. The maximum atomic E-state index is 10.1. The Kier molecular flexibility index (Phi) is 10.1. The zero-order valence-electron chi connectivity index (χ0n) is 14.0. The SMILES string of the molecule is C#CCOCC(O)CN(CCCOC)Cc1ccc(OC)cc1. The number of hydrogen-bond donors (Lipinski definition) is 1. The molecule has 1 aromatic carbocycles. The predicted octanol–water partition coefficient (Wildman–Crippen LogP) is 1.54. The lowest BCUT2D eigenvalue weighted by atomic mass is 10.2. The standard InChI is InChI=1S/C18H27NO4/c1-4-11-23-15-17(20)14-19(10-5-12-21-2)13-16-6-8-18(22-3)9-7-16/h1,6-9,17,20H,5,10-15H2,2-3H3. The van der Waals surface area contributed by atoms with E-state index in [0.29, 0.717) is 13.2 Å². The van der Waals surface area contributed by atoms with Gasteiger partial charge in [-0.2, -0.15) is 0 Å². The van der Waals surface area contributed by atoms with Crippen LogP contribution in [0, 0.1) is 12.3 Å². The Hall–Kier alpha value is -1.58. The molecular formula is C18H27NO4. The first kappa shape index (κ1) is 19.5. The minimum absolute atomic E-state index is 0.221. The molecular weight excluding hydrogens is 294 g/mol. The van der Waals surface area contributed by atoms with E-state index in [1.54, 1.807) is 14.2 Å². The highest BCUT2D eigenvalue weighted by molar-refractivity contribution is 5.27. The van der Waals surface area contributed by atoms with Crippen molar-refractivity contribution in [1.82, 2.24) is 4.90 Å². The van der Waals surface area contributed by atoms with E-state index in [-0.39, 0.29) is 13.2 Å². The van der Waals surface area contributed by atoms with Crippen LogP contribution in [0.1, 0.15) is 12.0 Å². The molecule has 0 saturated heterocycles. The first-order valence-corrected chi connectivity index (χ1v) is 7.73. The van der Waals surface area contributed by atoms with Crippen LogP contribution < -0.4 is 4.74 Å². The molecule has 5 heteroatoms. The number of hydrogen-bond acceptors (Lipinski definition) is 5. The smallest absolute Gasteiger partial charge is 0.118 e. The highest BCUT2D eigenvalue weighted by atomic mass is 16.5. The molecule has 0 aliphatic heterocycles. The molecule has 0 radical (unpaired) electrons. The molecule has 0 aliphatic rings. The summed E-state index contributed by atoms with van der Waals surface area (Å²) in [7, 11) is 3.34. The maximum absolute atomic E-state index is 10.1. The number of ether oxygens (including phenoxy) is 3. The van der Waals surface area contributed by atoms with Crippen molar-refractivity contribution >= 4 is 0 Å². The van der Waals surface area contributed by atoms with E-state index in [0.717, 1.165) is 25.3 Å². The molecule has 1 N–H and O–H groups in total. The van der Waals surface area contributed by atoms with Gasteiger partial charge in [-0.3, -0.25) is 4.90 Å². The van der Waals surface area contributed by atoms with Crippen molar-refractivity contribution in [3.63, 3.8) is 0 Å². The largest absolute Gasteiger partial charge is 0.497 e. The quantitative estimate of drug-likeness (QED) is 0.467. The van der Waals surface area contributed by atoms with Crippen molar-refractivity contribution in [1.29, 1.82) is 0 Å². The van der Waals surface area contributed by atoms with Crippen molar-refractivity contribution in [2.45, 2.75) is 19.1 Å². The zero-order valence-corrected chi connectivity index (χ0v) is 14.0. The number of benzene rings is 1. The molecule has 0 aromatic heterocycles. The molecule has 0 saturated carbocycles. The van der Waals surface area contributed by atoms with Gasteiger partial charge in [0, 0.05) is 33.4 Å². The van der Waals surface area contributed by atoms with E-state index in [1.807, 2.05) is 24.3 Å². The van der Waals surface area contributed by atoms with E-state index >= 15 is 0 Å². The summed E-state index contributed by atoms with van der Waals surface area (Å²) in [5.41, 5.74) is 1.17. The fourth-order valence-corrected chi connectivity index (χ4v) is 2.26. The summed E-state index contributed by atoms with van der Waals surface area (Å²) in [4.78, 5) is 2.19. The van der Waals surface area contributed by atoms with Crippen LogP contribution in [-0.4, -0.2) is 63.2 Å². The van der Waals surface area contributed by atoms with Crippen molar-refractivity contribution < 1.29 is 19.3 Å². The van der Waals surface area contributed by atoms with Crippen molar-refractivity contribution in [2.24, 2.45) is 0 Å². The van der Waals surface area contributed by atoms with Crippen molar-refractivity contribution in [3.8, 4) is 18.1 Å². The summed E-state index contributed by atoms with van der Waals surface area (Å²) in [6.45, 7) is 3.28. The van der Waals surface area contributed by atoms with Crippen LogP contribution in [0.25, 0.3) is 0 Å². The molecule has 23 heavy (non-hydrogen) atoms. The lowest BCUT2D eigenvalue weighted by Gasteiger charge is -2.25. The molecule has 1 aromatic rings. The Labute approximate surface area is 139 Å². The second kappa shape index (κ2) is 11.9. The summed E-state index contributed by atoms with van der Waals surface area (Å²) in [5.74, 6) is 3.23. The fraction of sp³-hybridized carbons (Fsp3) is 0.556. The van der Waals surface area contributed by atoms with E-state index in [4.69, 9.17) is 20.6 Å². The normalized spacial score (nSPS) is 12.1. The summed E-state index contributed by atoms with van der Waals surface area (Å²) in [6.07, 6.45) is 5.47. The molecule has 0 spiro atoms. The van der Waals surface area contributed by atoms with Gasteiger partial charge in [0.05, 0.1) is 19.8 Å². The first-order chi connectivity index (χ1) is 11.2. The fourth-order valence-electron chi connectivity index (χ4n) is 2.26. The number of methoxy groups -OCH3 is 2. The molecule has 0 aliphatic carbocycles.